The standard InChI is InChI=1S/C4H6O4Si/c1-9(2)7-3(5)4(6)8-9/h1-2H3. The third-order valence-corrected chi connectivity index (χ3v) is 2.20. The summed E-state index contributed by atoms with van der Waals surface area (Å²) in [5, 5.41) is 0. The van der Waals surface area contributed by atoms with Crippen LogP contribution in [0.25, 0.3) is 0 Å². The first-order valence-corrected chi connectivity index (χ1v) is 5.29. The molecular formula is C4H6O4Si. The topological polar surface area (TPSA) is 52.6 Å². The van der Waals surface area contributed by atoms with Crippen LogP contribution in [0, 0.1) is 0 Å². The fraction of sp³-hybridized carbons (Fsp3) is 0.500. The fourth-order valence-corrected chi connectivity index (χ4v) is 1.65. The summed E-state index contributed by atoms with van der Waals surface area (Å²) in [6.07, 6.45) is 0. The van der Waals surface area contributed by atoms with Crippen LogP contribution in [-0.4, -0.2) is 20.5 Å². The molecule has 0 N–H and O–H groups in total. The highest BCUT2D eigenvalue weighted by molar-refractivity contribution is 6.74. The van der Waals surface area contributed by atoms with Crippen molar-refractivity contribution in [2.75, 3.05) is 0 Å². The Morgan fingerprint density at radius 1 is 1.11 bits per heavy atom. The molecule has 0 radical (unpaired) electrons. The lowest BCUT2D eigenvalue weighted by Gasteiger charge is -2.07. The van der Waals surface area contributed by atoms with Crippen LogP contribution in [0.5, 0.6) is 0 Å². The molecule has 0 aromatic rings. The largest absolute Gasteiger partial charge is 0.477 e. The monoisotopic (exact) mass is 146 g/mol. The molecule has 1 fully saturated rings. The molecule has 5 heteroatoms. The van der Waals surface area contributed by atoms with Crippen LogP contribution >= 0.6 is 0 Å². The lowest BCUT2D eigenvalue weighted by Crippen LogP contribution is -2.27. The summed E-state index contributed by atoms with van der Waals surface area (Å²) in [4.78, 5) is 20.7. The third kappa shape index (κ3) is 1.10. The lowest BCUT2D eigenvalue weighted by molar-refractivity contribution is -0.150. The second kappa shape index (κ2) is 1.57. The number of rotatable bonds is 0. The van der Waals surface area contributed by atoms with Gasteiger partial charge in [-0.15, -0.1) is 0 Å². The summed E-state index contributed by atoms with van der Waals surface area (Å²) in [5.74, 6) is -1.71. The minimum Gasteiger partial charge on any atom is -0.477 e. The number of carbonyl (C=O) groups excluding carboxylic acids is 2. The van der Waals surface area contributed by atoms with E-state index in [0.29, 0.717) is 0 Å². The summed E-state index contributed by atoms with van der Waals surface area (Å²) in [6.45, 7) is 3.27. The minimum atomic E-state index is -2.37. The molecule has 0 atom stereocenters. The Labute approximate surface area is 53.0 Å². The molecule has 4 nitrogen and oxygen atoms in total. The van der Waals surface area contributed by atoms with Gasteiger partial charge in [0.1, 0.15) is 0 Å². The fourth-order valence-electron chi connectivity index (χ4n) is 0.551. The van der Waals surface area contributed by atoms with E-state index >= 15 is 0 Å². The highest BCUT2D eigenvalue weighted by Gasteiger charge is 2.44. The van der Waals surface area contributed by atoms with Gasteiger partial charge in [0.15, 0.2) is 0 Å². The molecule has 0 aromatic heterocycles. The zero-order valence-corrected chi connectivity index (χ0v) is 6.13. The van der Waals surface area contributed by atoms with Crippen molar-refractivity contribution in [1.29, 1.82) is 0 Å². The van der Waals surface area contributed by atoms with E-state index in [1.165, 1.54) is 0 Å². The summed E-state index contributed by atoms with van der Waals surface area (Å²) < 4.78 is 9.18. The van der Waals surface area contributed by atoms with Crippen LogP contribution in [0.2, 0.25) is 13.1 Å². The van der Waals surface area contributed by atoms with Gasteiger partial charge in [0.2, 0.25) is 0 Å². The second-order valence-corrected chi connectivity index (χ2v) is 5.39. The first kappa shape index (κ1) is 6.28. The maximum atomic E-state index is 10.3. The van der Waals surface area contributed by atoms with E-state index in [1.807, 2.05) is 0 Å². The van der Waals surface area contributed by atoms with E-state index in [2.05, 4.69) is 8.85 Å². The van der Waals surface area contributed by atoms with E-state index in [0.717, 1.165) is 0 Å². The van der Waals surface area contributed by atoms with Crippen LogP contribution in [0.4, 0.5) is 0 Å². The molecule has 9 heavy (non-hydrogen) atoms. The third-order valence-electron chi connectivity index (χ3n) is 0.844. The maximum Gasteiger partial charge on any atom is 0.458 e. The Bertz CT molecular complexity index is 155. The van der Waals surface area contributed by atoms with Gasteiger partial charge in [-0.25, -0.2) is 9.59 Å². The van der Waals surface area contributed by atoms with Gasteiger partial charge in [-0.2, -0.15) is 0 Å². The van der Waals surface area contributed by atoms with Crippen molar-refractivity contribution in [3.63, 3.8) is 0 Å². The molecule has 1 heterocycles. The van der Waals surface area contributed by atoms with E-state index in [4.69, 9.17) is 0 Å². The molecule has 1 aliphatic rings. The second-order valence-electron chi connectivity index (χ2n) is 2.18. The van der Waals surface area contributed by atoms with Crippen LogP contribution in [0.1, 0.15) is 0 Å². The molecular weight excluding hydrogens is 140 g/mol. The average Bonchev–Trinajstić information content (AvgIpc) is 1.79. The molecule has 1 rings (SSSR count). The number of carbonyl (C=O) groups is 2. The smallest absolute Gasteiger partial charge is 0.458 e. The zero-order chi connectivity index (χ0) is 7.07. The van der Waals surface area contributed by atoms with Gasteiger partial charge in [-0.3, -0.25) is 0 Å². The Balaban J connectivity index is 2.76. The number of hydrogen-bond acceptors (Lipinski definition) is 4. The molecule has 0 bridgehead atoms. The van der Waals surface area contributed by atoms with Gasteiger partial charge >= 0.3 is 20.5 Å². The summed E-state index contributed by atoms with van der Waals surface area (Å²) >= 11 is 0. The van der Waals surface area contributed by atoms with E-state index < -0.39 is 20.5 Å². The van der Waals surface area contributed by atoms with Gasteiger partial charge < -0.3 is 8.85 Å². The van der Waals surface area contributed by atoms with Gasteiger partial charge in [0.25, 0.3) is 0 Å². The summed E-state index contributed by atoms with van der Waals surface area (Å²) in [5.41, 5.74) is 0. The average molecular weight is 146 g/mol. The maximum absolute atomic E-state index is 10.3. The van der Waals surface area contributed by atoms with Crippen LogP contribution in [0.3, 0.4) is 0 Å². The molecule has 1 aliphatic heterocycles. The molecule has 0 spiro atoms. The summed E-state index contributed by atoms with van der Waals surface area (Å²) in [7, 11) is -2.37. The van der Waals surface area contributed by atoms with E-state index in [1.54, 1.807) is 13.1 Å². The van der Waals surface area contributed by atoms with Crippen molar-refractivity contribution in [2.45, 2.75) is 13.1 Å². The first-order valence-electron chi connectivity index (χ1n) is 2.47. The van der Waals surface area contributed by atoms with Crippen LogP contribution in [-0.2, 0) is 18.4 Å². The molecule has 0 aliphatic carbocycles. The molecule has 1 saturated heterocycles. The Morgan fingerprint density at radius 3 is 1.56 bits per heavy atom. The molecule has 0 amide bonds. The van der Waals surface area contributed by atoms with E-state index in [-0.39, 0.29) is 0 Å². The Morgan fingerprint density at radius 2 is 1.44 bits per heavy atom. The molecule has 50 valence electrons. The van der Waals surface area contributed by atoms with Crippen molar-refractivity contribution in [3.05, 3.63) is 0 Å². The normalized spacial score (nSPS) is 23.3. The SMILES string of the molecule is C[Si]1(C)OC(=O)C(=O)O1. The van der Waals surface area contributed by atoms with Gasteiger partial charge in [-0.1, -0.05) is 0 Å². The van der Waals surface area contributed by atoms with Gasteiger partial charge in [-0.05, 0) is 0 Å². The van der Waals surface area contributed by atoms with Gasteiger partial charge in [0.05, 0.1) is 0 Å². The zero-order valence-electron chi connectivity index (χ0n) is 5.13. The van der Waals surface area contributed by atoms with Crippen molar-refractivity contribution in [2.24, 2.45) is 0 Å². The number of hydrogen-bond donors (Lipinski definition) is 0. The quantitative estimate of drug-likeness (QED) is 0.350. The molecule has 0 unspecified atom stereocenters. The Kier molecular flexibility index (Phi) is 1.09. The minimum absolute atomic E-state index is 0.855. The highest BCUT2D eigenvalue weighted by Crippen LogP contribution is 2.14. The summed E-state index contributed by atoms with van der Waals surface area (Å²) in [6, 6.07) is 0. The first-order chi connectivity index (χ1) is 4.01. The van der Waals surface area contributed by atoms with E-state index in [9.17, 15) is 9.59 Å². The van der Waals surface area contributed by atoms with Crippen molar-refractivity contribution >= 4 is 20.5 Å². The Hall–Kier alpha value is -0.843. The van der Waals surface area contributed by atoms with Crippen molar-refractivity contribution in [3.8, 4) is 0 Å². The van der Waals surface area contributed by atoms with Gasteiger partial charge in [0, 0.05) is 13.1 Å². The van der Waals surface area contributed by atoms with Crippen molar-refractivity contribution < 1.29 is 18.4 Å². The lowest BCUT2D eigenvalue weighted by atomic mass is 10.7. The van der Waals surface area contributed by atoms with Crippen molar-refractivity contribution in [1.82, 2.24) is 0 Å². The van der Waals surface area contributed by atoms with Crippen LogP contribution < -0.4 is 0 Å². The van der Waals surface area contributed by atoms with Crippen LogP contribution in [0.15, 0.2) is 0 Å². The predicted octanol–water partition coefficient (Wildman–Crippen LogP) is -0.212. The molecule has 0 aromatic carbocycles. The predicted molar refractivity (Wildman–Crippen MR) is 29.7 cm³/mol. The molecule has 0 saturated carbocycles. The highest BCUT2D eigenvalue weighted by atomic mass is 28.4.